The topological polar surface area (TPSA) is 105 Å². The fourth-order valence-corrected chi connectivity index (χ4v) is 2.39. The molecule has 0 aliphatic heterocycles. The van der Waals surface area contributed by atoms with Gasteiger partial charge in [0.2, 0.25) is 0 Å². The van der Waals surface area contributed by atoms with Crippen molar-refractivity contribution in [1.82, 2.24) is 15.0 Å². The molecule has 3 aromatic rings. The fraction of sp³-hybridized carbons (Fsp3) is 0.0556. The van der Waals surface area contributed by atoms with Gasteiger partial charge in [-0.25, -0.2) is 0 Å². The number of aryl methyl sites for hydroxylation is 1. The number of hydrogen-bond acceptors (Lipinski definition) is 7. The number of nitrogens with zero attached hydrogens (tertiary/aromatic N) is 5. The summed E-state index contributed by atoms with van der Waals surface area (Å²) in [4.78, 5) is 13.3. The predicted octanol–water partition coefficient (Wildman–Crippen LogP) is 3.41. The summed E-state index contributed by atoms with van der Waals surface area (Å²) in [6, 6.07) is 13.7. The van der Waals surface area contributed by atoms with Crippen molar-refractivity contribution >= 4 is 0 Å². The molecule has 26 heavy (non-hydrogen) atoms. The van der Waals surface area contributed by atoms with Gasteiger partial charge in [-0.15, -0.1) is 0 Å². The van der Waals surface area contributed by atoms with E-state index in [0.29, 0.717) is 0 Å². The van der Waals surface area contributed by atoms with Gasteiger partial charge in [-0.1, -0.05) is 12.1 Å². The van der Waals surface area contributed by atoms with Crippen LogP contribution in [0, 0.1) is 30.0 Å². The number of hydrogen-bond donors (Lipinski definition) is 0. The van der Waals surface area contributed by atoms with E-state index >= 15 is 0 Å². The van der Waals surface area contributed by atoms with Gasteiger partial charge in [0, 0.05) is 24.2 Å². The van der Waals surface area contributed by atoms with E-state index in [9.17, 15) is 0 Å². The zero-order valence-electron chi connectivity index (χ0n) is 13.6. The molecule has 0 spiro atoms. The molecular weight excluding hydrogens is 513 g/mol. The maximum atomic E-state index is 7.66. The Morgan fingerprint density at radius 3 is 1.96 bits per heavy atom. The van der Waals surface area contributed by atoms with E-state index in [2.05, 4.69) is 28.7 Å². The molecule has 0 saturated heterocycles. The standard InChI is InChI=1S/C16H13N3.2CHNO.Pt/c1-12-8-11-19-16(14-7-3-5-10-18-14)15(12)13-6-2-4-9-17-13;2*2-1-3;/h2-11H,1H3;2*3H;/q;;;+2/p-2. The predicted molar refractivity (Wildman–Crippen MR) is 88.8 cm³/mol. The molecule has 0 fully saturated rings. The second-order valence-corrected chi connectivity index (χ2v) is 5.95. The Kier molecular flexibility index (Phi) is 7.73. The Bertz CT molecular complexity index is 894. The summed E-state index contributed by atoms with van der Waals surface area (Å²) in [6.45, 7) is 2.07. The van der Waals surface area contributed by atoms with Crippen molar-refractivity contribution in [3.05, 3.63) is 66.6 Å². The Morgan fingerprint density at radius 1 is 0.808 bits per heavy atom. The van der Waals surface area contributed by atoms with Crippen LogP contribution in [0.2, 0.25) is 0 Å². The summed E-state index contributed by atoms with van der Waals surface area (Å²) in [7, 11) is 0. The van der Waals surface area contributed by atoms with Crippen molar-refractivity contribution in [1.29, 1.82) is 10.5 Å². The van der Waals surface area contributed by atoms with Gasteiger partial charge in [-0.05, 0) is 42.8 Å². The van der Waals surface area contributed by atoms with Gasteiger partial charge in [0.15, 0.2) is 0 Å². The van der Waals surface area contributed by atoms with Gasteiger partial charge >= 0.3 is 49.1 Å². The zero-order valence-corrected chi connectivity index (χ0v) is 15.9. The molecule has 0 N–H and O–H groups in total. The molecule has 3 rings (SSSR count). The summed E-state index contributed by atoms with van der Waals surface area (Å²) in [5.41, 5.74) is 4.86. The van der Waals surface area contributed by atoms with Gasteiger partial charge in [-0.2, -0.15) is 0 Å². The van der Waals surface area contributed by atoms with Gasteiger partial charge < -0.3 is 0 Å². The van der Waals surface area contributed by atoms with Gasteiger partial charge in [0.25, 0.3) is 0 Å². The van der Waals surface area contributed by atoms with E-state index < -0.39 is 19.3 Å². The first-order valence-electron chi connectivity index (χ1n) is 7.26. The molecule has 0 aliphatic rings. The number of aromatic nitrogens is 3. The molecule has 0 aliphatic carbocycles. The summed E-state index contributed by atoms with van der Waals surface area (Å²) >= 11 is -1.11. The van der Waals surface area contributed by atoms with Crippen LogP contribution in [0.4, 0.5) is 0 Å². The van der Waals surface area contributed by atoms with Gasteiger partial charge in [-0.3, -0.25) is 15.0 Å². The monoisotopic (exact) mass is 526 g/mol. The third-order valence-corrected chi connectivity index (χ3v) is 3.89. The molecule has 132 valence electrons. The molecule has 8 heteroatoms. The van der Waals surface area contributed by atoms with E-state index in [1.165, 1.54) is 12.5 Å². The van der Waals surface area contributed by atoms with Crippen molar-refractivity contribution in [2.24, 2.45) is 0 Å². The first-order chi connectivity index (χ1) is 12.8. The van der Waals surface area contributed by atoms with Crippen LogP contribution in [0.15, 0.2) is 61.1 Å². The normalized spacial score (nSPS) is 9.19. The molecule has 0 atom stereocenters. The van der Waals surface area contributed by atoms with E-state index in [-0.39, 0.29) is 0 Å². The molecule has 0 radical (unpaired) electrons. The van der Waals surface area contributed by atoms with Crippen molar-refractivity contribution < 1.29 is 26.1 Å². The Labute approximate surface area is 160 Å². The van der Waals surface area contributed by atoms with Crippen molar-refractivity contribution in [3.8, 4) is 35.2 Å². The minimum atomic E-state index is -1.11. The van der Waals surface area contributed by atoms with E-state index in [1.807, 2.05) is 48.7 Å². The average Bonchev–Trinajstić information content (AvgIpc) is 2.70. The first-order valence-corrected chi connectivity index (χ1v) is 9.11. The van der Waals surface area contributed by atoms with Crippen LogP contribution in [0.25, 0.3) is 22.6 Å². The molecule has 3 aromatic heterocycles. The number of pyridine rings is 3. The van der Waals surface area contributed by atoms with Gasteiger partial charge in [0.05, 0.1) is 17.1 Å². The molecular formula is C18H13N5O2Pt. The first kappa shape index (κ1) is 19.0. The van der Waals surface area contributed by atoms with Gasteiger partial charge in [0.1, 0.15) is 0 Å². The SMILES string of the molecule is Cc1ccnc(-c2ccccn2)c1-c1ccccn1.N#C[O][Pt][O]C#N. The second kappa shape index (κ2) is 10.6. The summed E-state index contributed by atoms with van der Waals surface area (Å²) in [5, 5.41) is 15.3. The summed E-state index contributed by atoms with van der Waals surface area (Å²) < 4.78 is 8.09. The second-order valence-electron chi connectivity index (χ2n) is 4.65. The summed E-state index contributed by atoms with van der Waals surface area (Å²) in [6.07, 6.45) is 8.14. The fourth-order valence-electron chi connectivity index (χ4n) is 2.13. The van der Waals surface area contributed by atoms with Crippen LogP contribution in [0.5, 0.6) is 0 Å². The number of nitriles is 2. The van der Waals surface area contributed by atoms with Crippen LogP contribution in [0.1, 0.15) is 5.56 Å². The summed E-state index contributed by atoms with van der Waals surface area (Å²) in [5.74, 6) is 0. The van der Waals surface area contributed by atoms with Crippen LogP contribution in [-0.4, -0.2) is 15.0 Å². The average molecular weight is 526 g/mol. The van der Waals surface area contributed by atoms with Crippen LogP contribution < -0.4 is 0 Å². The Morgan fingerprint density at radius 2 is 1.42 bits per heavy atom. The third-order valence-electron chi connectivity index (χ3n) is 3.10. The third kappa shape index (κ3) is 5.37. The molecule has 0 bridgehead atoms. The molecule has 7 nitrogen and oxygen atoms in total. The molecule has 0 amide bonds. The Balaban J connectivity index is 0.000000298. The van der Waals surface area contributed by atoms with Crippen LogP contribution in [0.3, 0.4) is 0 Å². The van der Waals surface area contributed by atoms with Crippen molar-refractivity contribution in [2.45, 2.75) is 6.92 Å². The quantitative estimate of drug-likeness (QED) is 0.379. The maximum absolute atomic E-state index is 7.66. The van der Waals surface area contributed by atoms with Crippen LogP contribution >= 0.6 is 0 Å². The molecule has 0 saturated carbocycles. The Hall–Kier alpha value is -3.28. The molecule has 0 aromatic carbocycles. The van der Waals surface area contributed by atoms with E-state index in [1.54, 1.807) is 12.4 Å². The van der Waals surface area contributed by atoms with Crippen molar-refractivity contribution in [2.75, 3.05) is 0 Å². The molecule has 0 unspecified atom stereocenters. The van der Waals surface area contributed by atoms with Crippen LogP contribution in [-0.2, 0) is 26.1 Å². The zero-order chi connectivity index (χ0) is 18.6. The minimum absolute atomic E-state index is 0.867. The van der Waals surface area contributed by atoms with E-state index in [0.717, 1.165) is 28.2 Å². The molecule has 3 heterocycles. The number of rotatable bonds is 4. The van der Waals surface area contributed by atoms with E-state index in [4.69, 9.17) is 10.5 Å². The van der Waals surface area contributed by atoms with Crippen molar-refractivity contribution in [3.63, 3.8) is 0 Å².